The van der Waals surface area contributed by atoms with Gasteiger partial charge in [0.2, 0.25) is 5.91 Å². The van der Waals surface area contributed by atoms with Gasteiger partial charge in [0.25, 0.3) is 0 Å². The Balaban J connectivity index is 0.00000200. The average Bonchev–Trinajstić information content (AvgIpc) is 2.46. The van der Waals surface area contributed by atoms with Crippen molar-refractivity contribution in [1.82, 2.24) is 4.90 Å². The number of benzene rings is 1. The van der Waals surface area contributed by atoms with Crippen LogP contribution >= 0.6 is 12.4 Å². The lowest BCUT2D eigenvalue weighted by Gasteiger charge is -2.32. The van der Waals surface area contributed by atoms with Crippen molar-refractivity contribution in [2.24, 2.45) is 5.73 Å². The number of carbonyl (C=O) groups excluding carboxylic acids is 1. The smallest absolute Gasteiger partial charge is 0.223 e. The molecule has 1 heterocycles. The molecule has 112 valence electrons. The first kappa shape index (κ1) is 17.0. The summed E-state index contributed by atoms with van der Waals surface area (Å²) in [5.41, 5.74) is 8.04. The second-order valence-corrected chi connectivity index (χ2v) is 5.05. The summed E-state index contributed by atoms with van der Waals surface area (Å²) in [6, 6.07) is 8.34. The third-order valence-corrected chi connectivity index (χ3v) is 3.50. The first-order chi connectivity index (χ1) is 9.19. The SMILES string of the molecule is Cc1ccc(CCC(=O)N2CCOC(CN)C2)cc1.Cl. The number of carbonyl (C=O) groups is 1. The van der Waals surface area contributed by atoms with Gasteiger partial charge < -0.3 is 15.4 Å². The van der Waals surface area contributed by atoms with E-state index < -0.39 is 0 Å². The highest BCUT2D eigenvalue weighted by Gasteiger charge is 2.22. The molecule has 2 rings (SSSR count). The van der Waals surface area contributed by atoms with Crippen LogP contribution in [0, 0.1) is 6.92 Å². The summed E-state index contributed by atoms with van der Waals surface area (Å²) in [4.78, 5) is 14.0. The number of nitrogens with two attached hydrogens (primary N) is 1. The number of halogens is 1. The Morgan fingerprint density at radius 3 is 2.75 bits per heavy atom. The second-order valence-electron chi connectivity index (χ2n) is 5.05. The Hall–Kier alpha value is -1.10. The first-order valence-electron chi connectivity index (χ1n) is 6.84. The molecule has 0 saturated carbocycles. The molecule has 20 heavy (non-hydrogen) atoms. The van der Waals surface area contributed by atoms with Crippen molar-refractivity contribution in [3.63, 3.8) is 0 Å². The van der Waals surface area contributed by atoms with Crippen molar-refractivity contribution < 1.29 is 9.53 Å². The third kappa shape index (κ3) is 4.78. The maximum atomic E-state index is 12.1. The lowest BCUT2D eigenvalue weighted by Crippen LogP contribution is -2.48. The Bertz CT molecular complexity index is 422. The van der Waals surface area contributed by atoms with Crippen LogP contribution in [0.3, 0.4) is 0 Å². The van der Waals surface area contributed by atoms with Crippen LogP contribution in [0.5, 0.6) is 0 Å². The van der Waals surface area contributed by atoms with E-state index >= 15 is 0 Å². The van der Waals surface area contributed by atoms with Gasteiger partial charge in [-0.1, -0.05) is 29.8 Å². The van der Waals surface area contributed by atoms with Gasteiger partial charge in [0.05, 0.1) is 12.7 Å². The van der Waals surface area contributed by atoms with Gasteiger partial charge >= 0.3 is 0 Å². The van der Waals surface area contributed by atoms with E-state index in [0.717, 1.165) is 6.42 Å². The highest BCUT2D eigenvalue weighted by Crippen LogP contribution is 2.10. The molecule has 4 nitrogen and oxygen atoms in total. The van der Waals surface area contributed by atoms with Gasteiger partial charge in [-0.05, 0) is 18.9 Å². The highest BCUT2D eigenvalue weighted by atomic mass is 35.5. The monoisotopic (exact) mass is 298 g/mol. The minimum absolute atomic E-state index is 0. The molecule has 0 spiro atoms. The molecule has 1 aliphatic heterocycles. The molecule has 1 atom stereocenters. The molecule has 1 fully saturated rings. The summed E-state index contributed by atoms with van der Waals surface area (Å²) in [6.07, 6.45) is 1.35. The van der Waals surface area contributed by atoms with E-state index in [-0.39, 0.29) is 24.4 Å². The molecular weight excluding hydrogens is 276 g/mol. The summed E-state index contributed by atoms with van der Waals surface area (Å²) in [6.45, 7) is 4.45. The van der Waals surface area contributed by atoms with E-state index in [9.17, 15) is 4.79 Å². The van der Waals surface area contributed by atoms with Gasteiger partial charge in [-0.15, -0.1) is 12.4 Å². The zero-order valence-corrected chi connectivity index (χ0v) is 12.7. The Morgan fingerprint density at radius 2 is 2.10 bits per heavy atom. The number of amides is 1. The van der Waals surface area contributed by atoms with Crippen LogP contribution in [0.4, 0.5) is 0 Å². The van der Waals surface area contributed by atoms with E-state index in [2.05, 4.69) is 31.2 Å². The molecule has 1 saturated heterocycles. The van der Waals surface area contributed by atoms with E-state index in [0.29, 0.717) is 32.7 Å². The number of morpholine rings is 1. The largest absolute Gasteiger partial charge is 0.373 e. The van der Waals surface area contributed by atoms with Crippen LogP contribution in [0.1, 0.15) is 17.5 Å². The Morgan fingerprint density at radius 1 is 1.40 bits per heavy atom. The van der Waals surface area contributed by atoms with Gasteiger partial charge in [0.15, 0.2) is 0 Å². The topological polar surface area (TPSA) is 55.6 Å². The summed E-state index contributed by atoms with van der Waals surface area (Å²) in [7, 11) is 0. The lowest BCUT2D eigenvalue weighted by molar-refractivity contribution is -0.138. The fourth-order valence-electron chi connectivity index (χ4n) is 2.25. The van der Waals surface area contributed by atoms with Crippen LogP contribution < -0.4 is 5.73 Å². The normalized spacial score (nSPS) is 18.5. The van der Waals surface area contributed by atoms with Crippen molar-refractivity contribution in [3.05, 3.63) is 35.4 Å². The maximum absolute atomic E-state index is 12.1. The van der Waals surface area contributed by atoms with Crippen LogP contribution in [0.2, 0.25) is 0 Å². The maximum Gasteiger partial charge on any atom is 0.223 e. The summed E-state index contributed by atoms with van der Waals surface area (Å²) in [5, 5.41) is 0. The van der Waals surface area contributed by atoms with E-state index in [1.165, 1.54) is 11.1 Å². The molecule has 1 unspecified atom stereocenters. The van der Waals surface area contributed by atoms with Gasteiger partial charge in [0.1, 0.15) is 0 Å². The molecule has 0 aliphatic carbocycles. The molecule has 1 aromatic rings. The number of hydrogen-bond donors (Lipinski definition) is 1. The van der Waals surface area contributed by atoms with Gasteiger partial charge in [-0.25, -0.2) is 0 Å². The molecule has 1 aromatic carbocycles. The lowest BCUT2D eigenvalue weighted by atomic mass is 10.1. The van der Waals surface area contributed by atoms with Crippen LogP contribution in [-0.4, -0.2) is 43.2 Å². The van der Waals surface area contributed by atoms with Crippen molar-refractivity contribution in [2.45, 2.75) is 25.9 Å². The molecular formula is C15H23ClN2O2. The number of rotatable bonds is 4. The standard InChI is InChI=1S/C15H22N2O2.ClH/c1-12-2-4-13(5-3-12)6-7-15(18)17-8-9-19-14(10-16)11-17;/h2-5,14H,6-11,16H2,1H3;1H. The predicted octanol–water partition coefficient (Wildman–Crippen LogP) is 1.54. The van der Waals surface area contributed by atoms with Gasteiger partial charge in [0, 0.05) is 26.1 Å². The fourth-order valence-corrected chi connectivity index (χ4v) is 2.25. The van der Waals surface area contributed by atoms with E-state index in [1.54, 1.807) is 0 Å². The van der Waals surface area contributed by atoms with E-state index in [4.69, 9.17) is 10.5 Å². The van der Waals surface area contributed by atoms with Crippen molar-refractivity contribution in [3.8, 4) is 0 Å². The molecule has 1 aliphatic rings. The van der Waals surface area contributed by atoms with Crippen molar-refractivity contribution in [1.29, 1.82) is 0 Å². The van der Waals surface area contributed by atoms with Gasteiger partial charge in [-0.3, -0.25) is 4.79 Å². The summed E-state index contributed by atoms with van der Waals surface area (Å²) < 4.78 is 5.46. The molecule has 0 bridgehead atoms. The first-order valence-corrected chi connectivity index (χ1v) is 6.84. The van der Waals surface area contributed by atoms with Crippen LogP contribution in [-0.2, 0) is 16.0 Å². The third-order valence-electron chi connectivity index (χ3n) is 3.50. The average molecular weight is 299 g/mol. The minimum atomic E-state index is -0.00271. The quantitative estimate of drug-likeness (QED) is 0.917. The van der Waals surface area contributed by atoms with Crippen LogP contribution in [0.15, 0.2) is 24.3 Å². The Kier molecular flexibility index (Phi) is 6.99. The highest BCUT2D eigenvalue weighted by molar-refractivity contribution is 5.85. The molecule has 5 heteroatoms. The van der Waals surface area contributed by atoms with Crippen molar-refractivity contribution >= 4 is 18.3 Å². The summed E-state index contributed by atoms with van der Waals surface area (Å²) in [5.74, 6) is 0.197. The van der Waals surface area contributed by atoms with Crippen molar-refractivity contribution in [2.75, 3.05) is 26.2 Å². The molecule has 1 amide bonds. The minimum Gasteiger partial charge on any atom is -0.373 e. The number of hydrogen-bond acceptors (Lipinski definition) is 3. The van der Waals surface area contributed by atoms with E-state index in [1.807, 2.05) is 4.90 Å². The molecule has 0 radical (unpaired) electrons. The zero-order chi connectivity index (χ0) is 13.7. The molecule has 0 aromatic heterocycles. The predicted molar refractivity (Wildman–Crippen MR) is 82.1 cm³/mol. The number of aryl methyl sites for hydroxylation is 2. The number of ether oxygens (including phenoxy) is 1. The second kappa shape index (κ2) is 8.25. The molecule has 2 N–H and O–H groups in total. The zero-order valence-electron chi connectivity index (χ0n) is 11.9. The fraction of sp³-hybridized carbons (Fsp3) is 0.533. The Labute approximate surface area is 126 Å². The van der Waals surface area contributed by atoms with Gasteiger partial charge in [-0.2, -0.15) is 0 Å². The number of nitrogens with zero attached hydrogens (tertiary/aromatic N) is 1. The van der Waals surface area contributed by atoms with Crippen LogP contribution in [0.25, 0.3) is 0 Å². The summed E-state index contributed by atoms with van der Waals surface area (Å²) >= 11 is 0.